The fourth-order valence-electron chi connectivity index (χ4n) is 1.43. The molecule has 0 atom stereocenters. The van der Waals surface area contributed by atoms with Gasteiger partial charge in [-0.15, -0.1) is 0 Å². The highest BCUT2D eigenvalue weighted by Gasteiger charge is 2.07. The number of carbonyl (C=O) groups is 1. The molecule has 4 nitrogen and oxygen atoms in total. The van der Waals surface area contributed by atoms with Crippen molar-refractivity contribution in [1.82, 2.24) is 0 Å². The molecular weight excluding hydrogens is 343 g/mol. The number of anilines is 1. The molecule has 0 saturated carbocycles. The van der Waals surface area contributed by atoms with Gasteiger partial charge in [0.15, 0.2) is 5.75 Å². The fourth-order valence-corrected chi connectivity index (χ4v) is 1.95. The minimum absolute atomic E-state index is 0.366. The van der Waals surface area contributed by atoms with E-state index in [2.05, 4.69) is 22.6 Å². The molecule has 0 aliphatic carbocycles. The Hall–Kier alpha value is -1.76. The number of nitrogen functional groups attached to an aromatic ring is 1. The van der Waals surface area contributed by atoms with E-state index in [9.17, 15) is 4.79 Å². The number of hydrogen-bond acceptors (Lipinski definition) is 3. The molecule has 2 aromatic carbocycles. The van der Waals surface area contributed by atoms with Crippen molar-refractivity contribution in [2.45, 2.75) is 0 Å². The highest BCUT2D eigenvalue weighted by atomic mass is 127. The Morgan fingerprint density at radius 2 is 1.94 bits per heavy atom. The first kappa shape index (κ1) is 12.7. The van der Waals surface area contributed by atoms with Gasteiger partial charge in [-0.1, -0.05) is 6.07 Å². The Morgan fingerprint density at radius 1 is 1.17 bits per heavy atom. The Kier molecular flexibility index (Phi) is 3.71. The molecule has 18 heavy (non-hydrogen) atoms. The molecule has 0 aromatic heterocycles. The van der Waals surface area contributed by atoms with Crippen LogP contribution in [0.2, 0.25) is 0 Å². The predicted molar refractivity (Wildman–Crippen MR) is 78.6 cm³/mol. The van der Waals surface area contributed by atoms with Gasteiger partial charge < -0.3 is 16.2 Å². The lowest BCUT2D eigenvalue weighted by Crippen LogP contribution is -2.11. The van der Waals surface area contributed by atoms with Gasteiger partial charge in [0.25, 0.3) is 0 Å². The minimum atomic E-state index is -0.512. The van der Waals surface area contributed by atoms with Crippen LogP contribution in [0.15, 0.2) is 42.5 Å². The van der Waals surface area contributed by atoms with Crippen LogP contribution >= 0.6 is 22.6 Å². The van der Waals surface area contributed by atoms with Crippen LogP contribution in [0.4, 0.5) is 5.69 Å². The Balaban J connectivity index is 2.33. The number of primary amides is 1. The van der Waals surface area contributed by atoms with E-state index in [1.165, 1.54) is 6.07 Å². The number of rotatable bonds is 3. The number of hydrogen-bond donors (Lipinski definition) is 2. The second kappa shape index (κ2) is 5.26. The van der Waals surface area contributed by atoms with E-state index in [4.69, 9.17) is 16.2 Å². The Labute approximate surface area is 118 Å². The lowest BCUT2D eigenvalue weighted by molar-refractivity contribution is 0.1000. The van der Waals surface area contributed by atoms with Crippen molar-refractivity contribution in [1.29, 1.82) is 0 Å². The zero-order valence-electron chi connectivity index (χ0n) is 9.39. The van der Waals surface area contributed by atoms with Crippen LogP contribution in [-0.4, -0.2) is 5.91 Å². The lowest BCUT2D eigenvalue weighted by atomic mass is 10.2. The van der Waals surface area contributed by atoms with Gasteiger partial charge in [0.1, 0.15) is 5.75 Å². The highest BCUT2D eigenvalue weighted by Crippen LogP contribution is 2.29. The van der Waals surface area contributed by atoms with Crippen molar-refractivity contribution in [3.8, 4) is 11.5 Å². The summed E-state index contributed by atoms with van der Waals surface area (Å²) in [5.41, 5.74) is 11.8. The third kappa shape index (κ3) is 2.92. The molecule has 0 radical (unpaired) electrons. The average molecular weight is 354 g/mol. The molecule has 4 N–H and O–H groups in total. The zero-order chi connectivity index (χ0) is 13.1. The molecule has 0 bridgehead atoms. The molecule has 0 unspecified atom stereocenters. The first-order chi connectivity index (χ1) is 8.56. The molecule has 0 aliphatic heterocycles. The summed E-state index contributed by atoms with van der Waals surface area (Å²) in [6.07, 6.45) is 0. The summed E-state index contributed by atoms with van der Waals surface area (Å²) < 4.78 is 6.69. The van der Waals surface area contributed by atoms with E-state index in [1.807, 2.05) is 24.3 Å². The van der Waals surface area contributed by atoms with Crippen molar-refractivity contribution in [2.75, 3.05) is 5.73 Å². The monoisotopic (exact) mass is 354 g/mol. The third-order valence-corrected chi connectivity index (χ3v) is 2.99. The molecule has 0 aliphatic rings. The van der Waals surface area contributed by atoms with Crippen LogP contribution in [0.1, 0.15) is 10.4 Å². The highest BCUT2D eigenvalue weighted by molar-refractivity contribution is 14.1. The van der Waals surface area contributed by atoms with Crippen LogP contribution in [0.5, 0.6) is 11.5 Å². The smallest absolute Gasteiger partial charge is 0.248 e. The fraction of sp³-hybridized carbons (Fsp3) is 0. The van der Waals surface area contributed by atoms with Gasteiger partial charge >= 0.3 is 0 Å². The number of amides is 1. The van der Waals surface area contributed by atoms with Crippen LogP contribution in [0, 0.1) is 3.57 Å². The summed E-state index contributed by atoms with van der Waals surface area (Å²) in [7, 11) is 0. The van der Waals surface area contributed by atoms with Gasteiger partial charge in [0.2, 0.25) is 5.91 Å². The van der Waals surface area contributed by atoms with Gasteiger partial charge in [-0.05, 0) is 59.0 Å². The molecule has 92 valence electrons. The molecule has 0 fully saturated rings. The van der Waals surface area contributed by atoms with Crippen molar-refractivity contribution in [3.05, 3.63) is 51.6 Å². The number of carbonyl (C=O) groups excluding carboxylic acids is 1. The molecule has 5 heteroatoms. The maximum atomic E-state index is 11.1. The van der Waals surface area contributed by atoms with E-state index < -0.39 is 5.91 Å². The zero-order valence-corrected chi connectivity index (χ0v) is 11.5. The second-order valence-electron chi connectivity index (χ2n) is 3.68. The van der Waals surface area contributed by atoms with Gasteiger partial charge in [-0.2, -0.15) is 0 Å². The molecule has 2 aromatic rings. The lowest BCUT2D eigenvalue weighted by Gasteiger charge is -2.09. The van der Waals surface area contributed by atoms with Crippen molar-refractivity contribution in [2.24, 2.45) is 5.73 Å². The Morgan fingerprint density at radius 3 is 2.61 bits per heavy atom. The van der Waals surface area contributed by atoms with Crippen molar-refractivity contribution >= 4 is 34.2 Å². The number of nitrogens with two attached hydrogens (primary N) is 2. The molecule has 2 rings (SSSR count). The van der Waals surface area contributed by atoms with E-state index in [1.54, 1.807) is 12.1 Å². The normalized spacial score (nSPS) is 10.1. The molecule has 0 saturated heterocycles. The summed E-state index contributed by atoms with van der Waals surface area (Å²) >= 11 is 2.19. The van der Waals surface area contributed by atoms with E-state index >= 15 is 0 Å². The van der Waals surface area contributed by atoms with Crippen LogP contribution in [-0.2, 0) is 0 Å². The maximum absolute atomic E-state index is 11.1. The minimum Gasteiger partial charge on any atom is -0.455 e. The summed E-state index contributed by atoms with van der Waals surface area (Å²) in [4.78, 5) is 11.1. The maximum Gasteiger partial charge on any atom is 0.248 e. The van der Waals surface area contributed by atoms with E-state index in [0.29, 0.717) is 22.7 Å². The predicted octanol–water partition coefficient (Wildman–Crippen LogP) is 2.76. The largest absolute Gasteiger partial charge is 0.455 e. The summed E-state index contributed by atoms with van der Waals surface area (Å²) in [6.45, 7) is 0. The van der Waals surface area contributed by atoms with Crippen LogP contribution in [0.3, 0.4) is 0 Å². The third-order valence-electron chi connectivity index (χ3n) is 2.32. The SMILES string of the molecule is NC(=O)c1ccc(N)c(Oc2cccc(I)c2)c1. The van der Waals surface area contributed by atoms with Gasteiger partial charge in [0.05, 0.1) is 5.69 Å². The van der Waals surface area contributed by atoms with Crippen molar-refractivity contribution < 1.29 is 9.53 Å². The van der Waals surface area contributed by atoms with Gasteiger partial charge in [-0.25, -0.2) is 0 Å². The molecule has 0 heterocycles. The molecular formula is C13H11IN2O2. The standard InChI is InChI=1S/C13H11IN2O2/c14-9-2-1-3-10(7-9)18-12-6-8(13(16)17)4-5-11(12)15/h1-7H,15H2,(H2,16,17). The summed E-state index contributed by atoms with van der Waals surface area (Å²) in [5, 5.41) is 0. The van der Waals surface area contributed by atoms with Gasteiger partial charge in [-0.3, -0.25) is 4.79 Å². The van der Waals surface area contributed by atoms with Crippen LogP contribution in [0.25, 0.3) is 0 Å². The molecule has 0 spiro atoms. The number of benzene rings is 2. The Bertz CT molecular complexity index is 599. The summed E-state index contributed by atoms with van der Waals surface area (Å²) in [5.74, 6) is 0.575. The topological polar surface area (TPSA) is 78.3 Å². The number of halogens is 1. The second-order valence-corrected chi connectivity index (χ2v) is 4.92. The van der Waals surface area contributed by atoms with E-state index in [0.717, 1.165) is 3.57 Å². The van der Waals surface area contributed by atoms with Crippen molar-refractivity contribution in [3.63, 3.8) is 0 Å². The van der Waals surface area contributed by atoms with Gasteiger partial charge in [0, 0.05) is 9.13 Å². The first-order valence-electron chi connectivity index (χ1n) is 5.19. The first-order valence-corrected chi connectivity index (χ1v) is 6.27. The number of ether oxygens (including phenoxy) is 1. The average Bonchev–Trinajstić information content (AvgIpc) is 2.31. The quantitative estimate of drug-likeness (QED) is 0.657. The summed E-state index contributed by atoms with van der Waals surface area (Å²) in [6, 6.07) is 12.2. The molecule has 1 amide bonds. The van der Waals surface area contributed by atoms with Crippen LogP contribution < -0.4 is 16.2 Å². The van der Waals surface area contributed by atoms with E-state index in [-0.39, 0.29) is 0 Å².